The summed E-state index contributed by atoms with van der Waals surface area (Å²) in [5.41, 5.74) is 1.12. The molecule has 0 radical (unpaired) electrons. The summed E-state index contributed by atoms with van der Waals surface area (Å²) in [5.74, 6) is 6.92. The Kier molecular flexibility index (Phi) is 6.22. The third kappa shape index (κ3) is 3.64. The van der Waals surface area contributed by atoms with Crippen molar-refractivity contribution in [2.75, 3.05) is 0 Å². The van der Waals surface area contributed by atoms with Gasteiger partial charge in [-0.1, -0.05) is 60.8 Å². The van der Waals surface area contributed by atoms with Crippen molar-refractivity contribution in [3.63, 3.8) is 0 Å². The van der Waals surface area contributed by atoms with Crippen LogP contribution in [0.1, 0.15) is 112 Å². The van der Waals surface area contributed by atoms with Gasteiger partial charge < -0.3 is 5.11 Å². The van der Waals surface area contributed by atoms with Gasteiger partial charge in [-0.15, -0.1) is 0 Å². The van der Waals surface area contributed by atoms with Crippen LogP contribution in [0, 0.1) is 58.2 Å². The number of aliphatic hydroxyl groups is 1. The minimum atomic E-state index is -0.0407. The van der Waals surface area contributed by atoms with Crippen LogP contribution in [0.25, 0.3) is 0 Å². The molecule has 0 saturated heterocycles. The summed E-state index contributed by atoms with van der Waals surface area (Å²) >= 11 is 0. The molecule has 29 heavy (non-hydrogen) atoms. The first-order valence-electron chi connectivity index (χ1n) is 13.4. The van der Waals surface area contributed by atoms with Crippen LogP contribution in [0.2, 0.25) is 0 Å². The predicted octanol–water partition coefficient (Wildman–Crippen LogP) is 7.71. The normalized spacial score (nSPS) is 50.7. The van der Waals surface area contributed by atoms with Crippen LogP contribution < -0.4 is 0 Å². The quantitative estimate of drug-likeness (QED) is 0.499. The fraction of sp³-hybridized carbons (Fsp3) is 1.00. The lowest BCUT2D eigenvalue weighted by Crippen LogP contribution is -2.56. The fourth-order valence-corrected chi connectivity index (χ4v) is 9.73. The second kappa shape index (κ2) is 8.14. The average molecular weight is 403 g/mol. The van der Waals surface area contributed by atoms with Gasteiger partial charge in [0.2, 0.25) is 0 Å². The van der Waals surface area contributed by atoms with Crippen molar-refractivity contribution >= 4 is 0 Å². The van der Waals surface area contributed by atoms with Gasteiger partial charge in [-0.25, -0.2) is 0 Å². The Balaban J connectivity index is 1.48. The van der Waals surface area contributed by atoms with Crippen LogP contribution >= 0.6 is 0 Å². The first-order valence-corrected chi connectivity index (χ1v) is 13.4. The highest BCUT2D eigenvalue weighted by atomic mass is 16.3. The van der Waals surface area contributed by atoms with Crippen molar-refractivity contribution in [2.24, 2.45) is 58.2 Å². The van der Waals surface area contributed by atoms with Gasteiger partial charge in [-0.3, -0.25) is 0 Å². The topological polar surface area (TPSA) is 20.2 Å². The molecule has 4 fully saturated rings. The van der Waals surface area contributed by atoms with Gasteiger partial charge in [0.05, 0.1) is 6.10 Å². The van der Waals surface area contributed by atoms with E-state index in [1.165, 1.54) is 64.2 Å². The molecule has 0 aromatic heterocycles. The van der Waals surface area contributed by atoms with Crippen LogP contribution in [0.5, 0.6) is 0 Å². The molecular formula is C28H50O. The maximum Gasteiger partial charge on any atom is 0.0568 e. The second-order valence-corrected chi connectivity index (χ2v) is 13.1. The highest BCUT2D eigenvalue weighted by molar-refractivity contribution is 5.10. The molecular weight excluding hydrogens is 352 g/mol. The molecule has 0 spiro atoms. The predicted molar refractivity (Wildman–Crippen MR) is 124 cm³/mol. The third-order valence-electron chi connectivity index (χ3n) is 11.4. The molecule has 10 atom stereocenters. The van der Waals surface area contributed by atoms with Crippen molar-refractivity contribution in [2.45, 2.75) is 118 Å². The zero-order valence-corrected chi connectivity index (χ0v) is 20.4. The summed E-state index contributed by atoms with van der Waals surface area (Å²) in [6, 6.07) is 0. The zero-order valence-electron chi connectivity index (χ0n) is 20.4. The second-order valence-electron chi connectivity index (χ2n) is 13.1. The molecule has 4 rings (SSSR count). The minimum Gasteiger partial charge on any atom is -0.393 e. The lowest BCUT2D eigenvalue weighted by molar-refractivity contribution is -0.149. The van der Waals surface area contributed by atoms with Gasteiger partial charge in [0.15, 0.2) is 0 Å². The number of rotatable bonds is 5. The van der Waals surface area contributed by atoms with E-state index in [0.29, 0.717) is 16.7 Å². The molecule has 0 heterocycles. The van der Waals surface area contributed by atoms with Gasteiger partial charge in [0.1, 0.15) is 0 Å². The first-order chi connectivity index (χ1) is 13.7. The van der Waals surface area contributed by atoms with E-state index in [0.717, 1.165) is 47.8 Å². The SMILES string of the molecule is CC(C)CCC[C@@H](C)[C@H]1CC[C@H]2[C@@H]3CCC4C(C)C(O)CC[C@]4(C)[C@H]3CC[C@]12C. The number of hydrogen-bond acceptors (Lipinski definition) is 1. The van der Waals surface area contributed by atoms with E-state index in [-0.39, 0.29) is 6.10 Å². The summed E-state index contributed by atoms with van der Waals surface area (Å²) in [4.78, 5) is 0. The van der Waals surface area contributed by atoms with Gasteiger partial charge in [0.25, 0.3) is 0 Å². The Morgan fingerprint density at radius 2 is 1.45 bits per heavy atom. The molecule has 0 aromatic rings. The Morgan fingerprint density at radius 1 is 0.793 bits per heavy atom. The molecule has 0 amide bonds. The number of fused-ring (bicyclic) bond motifs is 5. The van der Waals surface area contributed by atoms with E-state index >= 15 is 0 Å². The van der Waals surface area contributed by atoms with Crippen molar-refractivity contribution < 1.29 is 5.11 Å². The fourth-order valence-electron chi connectivity index (χ4n) is 9.73. The van der Waals surface area contributed by atoms with Gasteiger partial charge in [0, 0.05) is 0 Å². The number of aliphatic hydroxyl groups excluding tert-OH is 1. The largest absolute Gasteiger partial charge is 0.393 e. The molecule has 4 aliphatic carbocycles. The zero-order chi connectivity index (χ0) is 21.0. The van der Waals surface area contributed by atoms with E-state index in [1.54, 1.807) is 0 Å². The first kappa shape index (κ1) is 22.2. The molecule has 0 bridgehead atoms. The van der Waals surface area contributed by atoms with Crippen LogP contribution in [0.15, 0.2) is 0 Å². The summed E-state index contributed by atoms with van der Waals surface area (Å²) in [7, 11) is 0. The average Bonchev–Trinajstić information content (AvgIpc) is 3.02. The van der Waals surface area contributed by atoms with Crippen LogP contribution in [0.4, 0.5) is 0 Å². The summed E-state index contributed by atoms with van der Waals surface area (Å²) in [6.45, 7) is 15.0. The smallest absolute Gasteiger partial charge is 0.0568 e. The van der Waals surface area contributed by atoms with Crippen LogP contribution in [0.3, 0.4) is 0 Å². The maximum atomic E-state index is 10.5. The van der Waals surface area contributed by atoms with Crippen LogP contribution in [-0.2, 0) is 0 Å². The van der Waals surface area contributed by atoms with Crippen molar-refractivity contribution in [3.05, 3.63) is 0 Å². The molecule has 4 aliphatic rings. The van der Waals surface area contributed by atoms with Gasteiger partial charge >= 0.3 is 0 Å². The monoisotopic (exact) mass is 402 g/mol. The molecule has 0 aliphatic heterocycles. The lowest BCUT2D eigenvalue weighted by Gasteiger charge is -2.62. The Hall–Kier alpha value is -0.0400. The summed E-state index contributed by atoms with van der Waals surface area (Å²) in [6.07, 6.45) is 15.4. The van der Waals surface area contributed by atoms with Crippen molar-refractivity contribution in [1.82, 2.24) is 0 Å². The van der Waals surface area contributed by atoms with E-state index < -0.39 is 0 Å². The van der Waals surface area contributed by atoms with Gasteiger partial charge in [-0.05, 0) is 110 Å². The highest BCUT2D eigenvalue weighted by Crippen LogP contribution is 2.68. The highest BCUT2D eigenvalue weighted by Gasteiger charge is 2.61. The molecule has 0 aromatic carbocycles. The molecule has 3 unspecified atom stereocenters. The Labute approximate surface area is 181 Å². The van der Waals surface area contributed by atoms with Crippen LogP contribution in [-0.4, -0.2) is 11.2 Å². The Bertz CT molecular complexity index is 569. The number of hydrogen-bond donors (Lipinski definition) is 1. The lowest BCUT2D eigenvalue weighted by atomic mass is 9.43. The minimum absolute atomic E-state index is 0.0407. The molecule has 1 N–H and O–H groups in total. The summed E-state index contributed by atoms with van der Waals surface area (Å²) < 4.78 is 0. The molecule has 4 saturated carbocycles. The molecule has 1 nitrogen and oxygen atoms in total. The third-order valence-corrected chi connectivity index (χ3v) is 11.4. The molecule has 1 heteroatoms. The van der Waals surface area contributed by atoms with E-state index in [4.69, 9.17) is 0 Å². The summed E-state index contributed by atoms with van der Waals surface area (Å²) in [5, 5.41) is 10.5. The standard InChI is InChI=1S/C28H50O/c1-18(2)8-7-9-19(3)22-12-13-24-21-10-11-23-20(4)26(29)15-17-28(23,6)25(21)14-16-27(22,24)5/h18-26,29H,7-17H2,1-6H3/t19-,20?,21+,22-,23?,24+,25+,26?,27-,28+/m1/s1. The Morgan fingerprint density at radius 3 is 2.17 bits per heavy atom. The van der Waals surface area contributed by atoms with E-state index in [1.807, 2.05) is 0 Å². The van der Waals surface area contributed by atoms with Gasteiger partial charge in [-0.2, -0.15) is 0 Å². The van der Waals surface area contributed by atoms with Crippen molar-refractivity contribution in [3.8, 4) is 0 Å². The van der Waals surface area contributed by atoms with Crippen molar-refractivity contribution in [1.29, 1.82) is 0 Å². The maximum absolute atomic E-state index is 10.5. The molecule has 168 valence electrons. The van der Waals surface area contributed by atoms with E-state index in [2.05, 4.69) is 41.5 Å². The van der Waals surface area contributed by atoms with E-state index in [9.17, 15) is 5.11 Å².